The van der Waals surface area contributed by atoms with Gasteiger partial charge in [-0.05, 0) is 53.2 Å². The van der Waals surface area contributed by atoms with Crippen molar-refractivity contribution in [2.24, 2.45) is 5.92 Å². The van der Waals surface area contributed by atoms with Crippen molar-refractivity contribution >= 4 is 31.9 Å². The van der Waals surface area contributed by atoms with E-state index >= 15 is 0 Å². The van der Waals surface area contributed by atoms with Gasteiger partial charge in [0, 0.05) is 24.0 Å². The summed E-state index contributed by atoms with van der Waals surface area (Å²) < 4.78 is 27.2. The maximum absolute atomic E-state index is 12.6. The van der Waals surface area contributed by atoms with Crippen LogP contribution in [0.25, 0.3) is 0 Å². The summed E-state index contributed by atoms with van der Waals surface area (Å²) in [4.78, 5) is 10.9. The van der Waals surface area contributed by atoms with Gasteiger partial charge in [-0.15, -0.1) is 0 Å². The van der Waals surface area contributed by atoms with Crippen LogP contribution in [0.4, 0.5) is 0 Å². The molecule has 7 heteroatoms. The third-order valence-electron chi connectivity index (χ3n) is 3.79. The molecule has 1 N–H and O–H groups in total. The minimum atomic E-state index is -3.48. The van der Waals surface area contributed by atoms with E-state index in [-0.39, 0.29) is 11.3 Å². The van der Waals surface area contributed by atoms with Gasteiger partial charge in [0.2, 0.25) is 10.0 Å². The molecular weight excluding hydrogens is 358 g/mol. The smallest absolute Gasteiger partial charge is 0.303 e. The van der Waals surface area contributed by atoms with Gasteiger partial charge in [-0.25, -0.2) is 8.42 Å². The van der Waals surface area contributed by atoms with E-state index in [1.807, 2.05) is 0 Å². The summed E-state index contributed by atoms with van der Waals surface area (Å²) in [5.74, 6) is -0.495. The number of carboxylic acids is 1. The lowest BCUT2D eigenvalue weighted by Gasteiger charge is -2.31. The Hall–Kier alpha value is -0.920. The number of sulfonamides is 1. The van der Waals surface area contributed by atoms with Crippen LogP contribution < -0.4 is 0 Å². The fourth-order valence-corrected chi connectivity index (χ4v) is 4.99. The predicted octanol–water partition coefficient (Wildman–Crippen LogP) is 2.71. The van der Waals surface area contributed by atoms with Crippen molar-refractivity contribution in [1.82, 2.24) is 4.31 Å². The molecule has 21 heavy (non-hydrogen) atoms. The number of benzene rings is 1. The number of halogens is 1. The number of hydrogen-bond donors (Lipinski definition) is 1. The molecule has 0 aromatic heterocycles. The molecule has 1 aromatic carbocycles. The van der Waals surface area contributed by atoms with E-state index in [0.717, 1.165) is 12.8 Å². The Bertz CT molecular complexity index is 609. The van der Waals surface area contributed by atoms with Crippen molar-refractivity contribution in [3.63, 3.8) is 0 Å². The van der Waals surface area contributed by atoms with E-state index in [1.165, 1.54) is 4.31 Å². The van der Waals surface area contributed by atoms with E-state index in [1.54, 1.807) is 24.3 Å². The third kappa shape index (κ3) is 4.05. The van der Waals surface area contributed by atoms with Crippen LogP contribution in [-0.4, -0.2) is 36.9 Å². The molecule has 5 nitrogen and oxygen atoms in total. The zero-order valence-corrected chi connectivity index (χ0v) is 13.9. The number of hydrogen-bond acceptors (Lipinski definition) is 3. The monoisotopic (exact) mass is 375 g/mol. The van der Waals surface area contributed by atoms with Gasteiger partial charge in [0.1, 0.15) is 0 Å². The van der Waals surface area contributed by atoms with E-state index in [2.05, 4.69) is 15.9 Å². The second-order valence-electron chi connectivity index (χ2n) is 5.21. The number of nitrogens with zero attached hydrogens (tertiary/aromatic N) is 1. The van der Waals surface area contributed by atoms with Crippen LogP contribution in [0.3, 0.4) is 0 Å². The molecule has 2 rings (SSSR count). The lowest BCUT2D eigenvalue weighted by molar-refractivity contribution is -0.137. The van der Waals surface area contributed by atoms with Crippen LogP contribution in [0.15, 0.2) is 33.6 Å². The summed E-state index contributed by atoms with van der Waals surface area (Å²) in [6.07, 6.45) is 2.22. The Morgan fingerprint density at radius 2 is 1.90 bits per heavy atom. The first kappa shape index (κ1) is 16.5. The minimum Gasteiger partial charge on any atom is -0.481 e. The second kappa shape index (κ2) is 6.89. The summed E-state index contributed by atoms with van der Waals surface area (Å²) in [6.45, 7) is 0.905. The molecule has 0 spiro atoms. The molecule has 0 bridgehead atoms. The summed E-state index contributed by atoms with van der Waals surface area (Å²) in [5.41, 5.74) is 0. The zero-order chi connectivity index (χ0) is 15.5. The maximum atomic E-state index is 12.6. The van der Waals surface area contributed by atoms with Gasteiger partial charge in [0.05, 0.1) is 4.90 Å². The Balaban J connectivity index is 2.01. The molecule has 0 unspecified atom stereocenters. The molecule has 1 aromatic rings. The van der Waals surface area contributed by atoms with Gasteiger partial charge < -0.3 is 5.11 Å². The van der Waals surface area contributed by atoms with Crippen molar-refractivity contribution in [1.29, 1.82) is 0 Å². The normalized spacial score (nSPS) is 17.8. The topological polar surface area (TPSA) is 74.7 Å². The average molecular weight is 376 g/mol. The highest BCUT2D eigenvalue weighted by atomic mass is 79.9. The van der Waals surface area contributed by atoms with Gasteiger partial charge >= 0.3 is 5.97 Å². The van der Waals surface area contributed by atoms with E-state index < -0.39 is 16.0 Å². The number of piperidine rings is 1. The van der Waals surface area contributed by atoms with Crippen molar-refractivity contribution in [3.05, 3.63) is 28.7 Å². The molecule has 1 fully saturated rings. The van der Waals surface area contributed by atoms with Crippen LogP contribution in [0, 0.1) is 5.92 Å². The molecule has 1 aliphatic heterocycles. The summed E-state index contributed by atoms with van der Waals surface area (Å²) in [5, 5.41) is 8.69. The second-order valence-corrected chi connectivity index (χ2v) is 7.97. The minimum absolute atomic E-state index is 0.154. The van der Waals surface area contributed by atoms with E-state index in [4.69, 9.17) is 5.11 Å². The number of carbonyl (C=O) groups is 1. The predicted molar refractivity (Wildman–Crippen MR) is 82.5 cm³/mol. The Morgan fingerprint density at radius 1 is 1.29 bits per heavy atom. The zero-order valence-electron chi connectivity index (χ0n) is 11.5. The average Bonchev–Trinajstić information content (AvgIpc) is 2.46. The molecule has 0 amide bonds. The Morgan fingerprint density at radius 3 is 2.48 bits per heavy atom. The molecule has 1 saturated heterocycles. The van der Waals surface area contributed by atoms with Crippen molar-refractivity contribution < 1.29 is 18.3 Å². The molecule has 0 atom stereocenters. The van der Waals surface area contributed by atoms with Crippen LogP contribution in [0.5, 0.6) is 0 Å². The summed E-state index contributed by atoms with van der Waals surface area (Å²) in [7, 11) is -3.48. The molecule has 116 valence electrons. The first-order chi connectivity index (χ1) is 9.91. The number of carboxylic acid groups (broad SMARTS) is 1. The fourth-order valence-electron chi connectivity index (χ4n) is 2.56. The first-order valence-electron chi connectivity index (χ1n) is 6.87. The van der Waals surface area contributed by atoms with Crippen LogP contribution in [-0.2, 0) is 14.8 Å². The largest absolute Gasteiger partial charge is 0.481 e. The standard InChI is InChI=1S/C14H18BrNO4S/c15-12-3-1-2-4-13(12)21(19,20)16-9-7-11(8-10-16)5-6-14(17)18/h1-4,11H,5-10H2,(H,17,18). The molecule has 0 radical (unpaired) electrons. The highest BCUT2D eigenvalue weighted by molar-refractivity contribution is 9.10. The third-order valence-corrected chi connectivity index (χ3v) is 6.71. The molecule has 1 heterocycles. The van der Waals surface area contributed by atoms with Crippen LogP contribution in [0.2, 0.25) is 0 Å². The molecule has 0 aliphatic carbocycles. The fraction of sp³-hybridized carbons (Fsp3) is 0.500. The molecule has 1 aliphatic rings. The Kier molecular flexibility index (Phi) is 5.40. The summed E-state index contributed by atoms with van der Waals surface area (Å²) >= 11 is 3.28. The summed E-state index contributed by atoms with van der Waals surface area (Å²) in [6, 6.07) is 6.79. The Labute approximate surface area is 133 Å². The van der Waals surface area contributed by atoms with Gasteiger partial charge in [0.25, 0.3) is 0 Å². The lowest BCUT2D eigenvalue weighted by Crippen LogP contribution is -2.38. The van der Waals surface area contributed by atoms with Crippen LogP contribution >= 0.6 is 15.9 Å². The number of rotatable bonds is 5. The SMILES string of the molecule is O=C(O)CCC1CCN(S(=O)(=O)c2ccccc2Br)CC1. The number of aliphatic carboxylic acids is 1. The van der Waals surface area contributed by atoms with Crippen molar-refractivity contribution in [3.8, 4) is 0 Å². The van der Waals surface area contributed by atoms with Gasteiger partial charge in [-0.1, -0.05) is 12.1 Å². The molecule has 0 saturated carbocycles. The van der Waals surface area contributed by atoms with Gasteiger partial charge in [0.15, 0.2) is 0 Å². The van der Waals surface area contributed by atoms with Crippen LogP contribution in [0.1, 0.15) is 25.7 Å². The molecular formula is C14H18BrNO4S. The van der Waals surface area contributed by atoms with Crippen molar-refractivity contribution in [2.75, 3.05) is 13.1 Å². The first-order valence-corrected chi connectivity index (χ1v) is 9.11. The maximum Gasteiger partial charge on any atom is 0.303 e. The van der Waals surface area contributed by atoms with E-state index in [9.17, 15) is 13.2 Å². The lowest BCUT2D eigenvalue weighted by atomic mass is 9.93. The highest BCUT2D eigenvalue weighted by Gasteiger charge is 2.30. The van der Waals surface area contributed by atoms with E-state index in [0.29, 0.717) is 29.9 Å². The van der Waals surface area contributed by atoms with Gasteiger partial charge in [-0.3, -0.25) is 4.79 Å². The quantitative estimate of drug-likeness (QED) is 0.858. The van der Waals surface area contributed by atoms with Gasteiger partial charge in [-0.2, -0.15) is 4.31 Å². The van der Waals surface area contributed by atoms with Crippen molar-refractivity contribution in [2.45, 2.75) is 30.6 Å². The highest BCUT2D eigenvalue weighted by Crippen LogP contribution is 2.29.